The number of alkyl halides is 1. The molecular weight excluding hydrogens is 341 g/mol. The highest BCUT2D eigenvalue weighted by Crippen LogP contribution is 2.52. The van der Waals surface area contributed by atoms with E-state index in [2.05, 4.69) is 5.32 Å². The molecule has 0 aliphatic carbocycles. The minimum absolute atomic E-state index is 0.0964. The topological polar surface area (TPSA) is 79.0 Å². The molecule has 4 aliphatic heterocycles. The number of hydrogen-bond acceptors (Lipinski definition) is 4. The summed E-state index contributed by atoms with van der Waals surface area (Å²) in [7, 11) is 0. The van der Waals surface area contributed by atoms with Crippen molar-refractivity contribution >= 4 is 17.7 Å². The number of ether oxygens (including phenoxy) is 1. The van der Waals surface area contributed by atoms with Crippen LogP contribution in [0.2, 0.25) is 0 Å². The molecule has 4 rings (SSSR count). The maximum absolute atomic E-state index is 13.4. The minimum Gasteiger partial charge on any atom is -0.360 e. The first-order valence-corrected chi connectivity index (χ1v) is 9.24. The molecular formula is C18H24FN3O4. The first-order chi connectivity index (χ1) is 12.4. The molecule has 0 radical (unpaired) electrons. The number of rotatable bonds is 4. The van der Waals surface area contributed by atoms with Gasteiger partial charge in [0.25, 0.3) is 0 Å². The molecule has 0 aromatic rings. The van der Waals surface area contributed by atoms with Gasteiger partial charge in [-0.25, -0.2) is 4.39 Å². The number of hydrogen-bond donors (Lipinski definition) is 1. The number of likely N-dealkylation sites (tertiary alicyclic amines) is 2. The van der Waals surface area contributed by atoms with E-state index in [1.54, 1.807) is 9.80 Å². The maximum atomic E-state index is 13.4. The van der Waals surface area contributed by atoms with Crippen LogP contribution >= 0.6 is 0 Å². The van der Waals surface area contributed by atoms with E-state index in [-0.39, 0.29) is 23.8 Å². The highest BCUT2D eigenvalue weighted by molar-refractivity contribution is 5.93. The number of halogens is 1. The van der Waals surface area contributed by atoms with Crippen molar-refractivity contribution in [2.45, 2.75) is 37.6 Å². The third kappa shape index (κ3) is 2.71. The Balaban J connectivity index is 1.48. The van der Waals surface area contributed by atoms with Gasteiger partial charge < -0.3 is 19.9 Å². The molecule has 0 aromatic carbocycles. The molecule has 2 unspecified atom stereocenters. The highest BCUT2D eigenvalue weighted by Gasteiger charge is 2.67. The molecule has 4 heterocycles. The van der Waals surface area contributed by atoms with Crippen molar-refractivity contribution in [3.8, 4) is 0 Å². The monoisotopic (exact) mass is 365 g/mol. The molecule has 4 aliphatic rings. The Hall–Kier alpha value is -1.96. The van der Waals surface area contributed by atoms with Gasteiger partial charge in [0.05, 0.1) is 24.5 Å². The second-order valence-electron chi connectivity index (χ2n) is 7.64. The number of piperidine rings is 1. The zero-order valence-corrected chi connectivity index (χ0v) is 14.8. The fraction of sp³-hybridized carbons (Fsp3) is 0.722. The molecule has 7 nitrogen and oxygen atoms in total. The first-order valence-electron chi connectivity index (χ1n) is 9.24. The Morgan fingerprint density at radius 2 is 2.12 bits per heavy atom. The standard InChI is InChI=1S/C18H24FN3O4/c1-11(23)20-6-9-22-10-18-5-2-13(26-18)14(15(18)17(22)25)16(24)21-7-3-12(19)4-8-21/h2,5,12-15H,3-4,6-10H2,1H3,(H,20,23)/t13-,14?,15?,18-/m1/s1. The van der Waals surface area contributed by atoms with Crippen LogP contribution in [0.15, 0.2) is 12.2 Å². The Bertz CT molecular complexity index is 661. The Morgan fingerprint density at radius 3 is 2.81 bits per heavy atom. The number of carbonyl (C=O) groups excluding carboxylic acids is 3. The first kappa shape index (κ1) is 17.5. The summed E-state index contributed by atoms with van der Waals surface area (Å²) in [4.78, 5) is 40.4. The number of nitrogens with one attached hydrogen (secondary N) is 1. The fourth-order valence-electron chi connectivity index (χ4n) is 4.70. The Kier molecular flexibility index (Phi) is 4.25. The van der Waals surface area contributed by atoms with E-state index in [1.165, 1.54) is 6.92 Å². The second-order valence-corrected chi connectivity index (χ2v) is 7.64. The predicted octanol–water partition coefficient (Wildman–Crippen LogP) is -0.135. The molecule has 3 saturated heterocycles. The lowest BCUT2D eigenvalue weighted by Crippen LogP contribution is -2.48. The average Bonchev–Trinajstić information content (AvgIpc) is 3.23. The Morgan fingerprint density at radius 1 is 1.38 bits per heavy atom. The van der Waals surface area contributed by atoms with Crippen LogP contribution in [-0.4, -0.2) is 78.1 Å². The number of nitrogens with zero attached hydrogens (tertiary/aromatic N) is 2. The van der Waals surface area contributed by atoms with E-state index >= 15 is 0 Å². The molecule has 8 heteroatoms. The minimum atomic E-state index is -0.848. The molecule has 0 aromatic heterocycles. The summed E-state index contributed by atoms with van der Waals surface area (Å²) >= 11 is 0. The lowest BCUT2D eigenvalue weighted by atomic mass is 9.76. The van der Waals surface area contributed by atoms with E-state index in [1.807, 2.05) is 12.2 Å². The fourth-order valence-corrected chi connectivity index (χ4v) is 4.70. The van der Waals surface area contributed by atoms with Crippen LogP contribution in [0, 0.1) is 11.8 Å². The third-order valence-electron chi connectivity index (χ3n) is 5.96. The zero-order chi connectivity index (χ0) is 18.5. The second kappa shape index (κ2) is 6.33. The molecule has 1 spiro atoms. The predicted molar refractivity (Wildman–Crippen MR) is 89.7 cm³/mol. The van der Waals surface area contributed by atoms with Crippen molar-refractivity contribution < 1.29 is 23.5 Å². The summed E-state index contributed by atoms with van der Waals surface area (Å²) in [5, 5.41) is 2.69. The smallest absolute Gasteiger partial charge is 0.230 e. The number of carbonyl (C=O) groups is 3. The van der Waals surface area contributed by atoms with Crippen LogP contribution in [0.1, 0.15) is 19.8 Å². The summed E-state index contributed by atoms with van der Waals surface area (Å²) in [5.74, 6) is -1.40. The van der Waals surface area contributed by atoms with Crippen molar-refractivity contribution in [2.75, 3.05) is 32.7 Å². The molecule has 3 amide bonds. The van der Waals surface area contributed by atoms with Crippen LogP contribution in [-0.2, 0) is 19.1 Å². The van der Waals surface area contributed by atoms with E-state index in [9.17, 15) is 18.8 Å². The van der Waals surface area contributed by atoms with Crippen LogP contribution in [0.4, 0.5) is 4.39 Å². The third-order valence-corrected chi connectivity index (χ3v) is 5.96. The van der Waals surface area contributed by atoms with Gasteiger partial charge in [0.1, 0.15) is 11.8 Å². The van der Waals surface area contributed by atoms with E-state index in [0.29, 0.717) is 45.6 Å². The van der Waals surface area contributed by atoms with Crippen LogP contribution < -0.4 is 5.32 Å². The van der Waals surface area contributed by atoms with Crippen molar-refractivity contribution in [1.29, 1.82) is 0 Å². The maximum Gasteiger partial charge on any atom is 0.230 e. The largest absolute Gasteiger partial charge is 0.360 e. The summed E-state index contributed by atoms with van der Waals surface area (Å²) in [5.41, 5.74) is -0.739. The normalized spacial score (nSPS) is 35.9. The quantitative estimate of drug-likeness (QED) is 0.704. The van der Waals surface area contributed by atoms with Gasteiger partial charge in [-0.2, -0.15) is 0 Å². The van der Waals surface area contributed by atoms with Gasteiger partial charge in [-0.05, 0) is 12.8 Å². The SMILES string of the molecule is CC(=O)NCCN1C[C@@]23C=C[C@@H](O2)C(C(=O)N2CCC(F)CC2)C3C1=O. The molecule has 1 N–H and O–H groups in total. The summed E-state index contributed by atoms with van der Waals surface area (Å²) in [6, 6.07) is 0. The van der Waals surface area contributed by atoms with E-state index < -0.39 is 23.6 Å². The highest BCUT2D eigenvalue weighted by atomic mass is 19.1. The summed E-state index contributed by atoms with van der Waals surface area (Å²) in [6.45, 7) is 3.40. The molecule has 26 heavy (non-hydrogen) atoms. The van der Waals surface area contributed by atoms with Gasteiger partial charge in [0, 0.05) is 33.1 Å². The van der Waals surface area contributed by atoms with Crippen molar-refractivity contribution in [3.05, 3.63) is 12.2 Å². The van der Waals surface area contributed by atoms with Crippen molar-refractivity contribution in [3.63, 3.8) is 0 Å². The average molecular weight is 365 g/mol. The van der Waals surface area contributed by atoms with Crippen LogP contribution in [0.25, 0.3) is 0 Å². The number of amides is 3. The van der Waals surface area contributed by atoms with Crippen molar-refractivity contribution in [1.82, 2.24) is 15.1 Å². The molecule has 3 fully saturated rings. The van der Waals surface area contributed by atoms with Gasteiger partial charge in [0.2, 0.25) is 17.7 Å². The molecule has 0 saturated carbocycles. The molecule has 4 atom stereocenters. The molecule has 2 bridgehead atoms. The summed E-state index contributed by atoms with van der Waals surface area (Å²) in [6.07, 6.45) is 3.27. The van der Waals surface area contributed by atoms with Gasteiger partial charge in [-0.1, -0.05) is 12.2 Å². The lowest BCUT2D eigenvalue weighted by molar-refractivity contribution is -0.144. The van der Waals surface area contributed by atoms with Gasteiger partial charge in [0.15, 0.2) is 0 Å². The van der Waals surface area contributed by atoms with Crippen LogP contribution in [0.5, 0.6) is 0 Å². The summed E-state index contributed by atoms with van der Waals surface area (Å²) < 4.78 is 19.5. The lowest BCUT2D eigenvalue weighted by Gasteiger charge is -2.33. The van der Waals surface area contributed by atoms with Gasteiger partial charge in [-0.3, -0.25) is 14.4 Å². The van der Waals surface area contributed by atoms with E-state index in [4.69, 9.17) is 4.74 Å². The van der Waals surface area contributed by atoms with Gasteiger partial charge >= 0.3 is 0 Å². The van der Waals surface area contributed by atoms with Gasteiger partial charge in [-0.15, -0.1) is 0 Å². The van der Waals surface area contributed by atoms with Crippen molar-refractivity contribution in [2.24, 2.45) is 11.8 Å². The molecule has 142 valence electrons. The zero-order valence-electron chi connectivity index (χ0n) is 14.8. The Labute approximate surface area is 151 Å². The number of fused-ring (bicyclic) bond motifs is 1. The van der Waals surface area contributed by atoms with Crippen LogP contribution in [0.3, 0.4) is 0 Å². The van der Waals surface area contributed by atoms with E-state index in [0.717, 1.165) is 0 Å².